The summed E-state index contributed by atoms with van der Waals surface area (Å²) in [6.07, 6.45) is -0.612. The van der Waals surface area contributed by atoms with Gasteiger partial charge in [0.25, 0.3) is 5.91 Å². The number of nitriles is 1. The van der Waals surface area contributed by atoms with E-state index in [0.29, 0.717) is 17.9 Å². The molecular formula is C15H15N3O2S. The predicted octanol–water partition coefficient (Wildman–Crippen LogP) is 2.41. The van der Waals surface area contributed by atoms with E-state index in [9.17, 15) is 4.79 Å². The maximum atomic E-state index is 11.9. The highest BCUT2D eigenvalue weighted by atomic mass is 32.1. The van der Waals surface area contributed by atoms with Gasteiger partial charge in [-0.3, -0.25) is 4.79 Å². The Morgan fingerprint density at radius 1 is 1.48 bits per heavy atom. The van der Waals surface area contributed by atoms with Crippen LogP contribution in [0, 0.1) is 18.3 Å². The first-order chi connectivity index (χ1) is 10.1. The predicted molar refractivity (Wildman–Crippen MR) is 79.9 cm³/mol. The lowest BCUT2D eigenvalue weighted by atomic mass is 10.2. The van der Waals surface area contributed by atoms with Crippen molar-refractivity contribution in [3.05, 3.63) is 45.9 Å². The summed E-state index contributed by atoms with van der Waals surface area (Å²) in [4.78, 5) is 16.2. The number of thiazole rings is 1. The fourth-order valence-electron chi connectivity index (χ4n) is 1.66. The van der Waals surface area contributed by atoms with Gasteiger partial charge in [-0.1, -0.05) is 0 Å². The monoisotopic (exact) mass is 301 g/mol. The van der Waals surface area contributed by atoms with Crippen LogP contribution in [0.3, 0.4) is 0 Å². The van der Waals surface area contributed by atoms with Crippen LogP contribution >= 0.6 is 11.3 Å². The second-order valence-corrected chi connectivity index (χ2v) is 5.44. The number of aryl methyl sites for hydroxylation is 1. The molecule has 6 heteroatoms. The molecule has 0 unspecified atom stereocenters. The highest BCUT2D eigenvalue weighted by Crippen LogP contribution is 2.14. The van der Waals surface area contributed by atoms with Crippen molar-refractivity contribution >= 4 is 17.2 Å². The molecule has 0 spiro atoms. The van der Waals surface area contributed by atoms with E-state index >= 15 is 0 Å². The van der Waals surface area contributed by atoms with E-state index < -0.39 is 6.10 Å². The summed E-state index contributed by atoms with van der Waals surface area (Å²) < 4.78 is 5.53. The molecule has 0 aliphatic carbocycles. The topological polar surface area (TPSA) is 75.0 Å². The van der Waals surface area contributed by atoms with Gasteiger partial charge >= 0.3 is 0 Å². The van der Waals surface area contributed by atoms with Crippen LogP contribution in [0.4, 0.5) is 0 Å². The van der Waals surface area contributed by atoms with Crippen molar-refractivity contribution in [2.75, 3.05) is 0 Å². The number of carbonyl (C=O) groups is 1. The molecule has 1 heterocycles. The Morgan fingerprint density at radius 2 is 2.19 bits per heavy atom. The van der Waals surface area contributed by atoms with Gasteiger partial charge in [0.05, 0.1) is 18.2 Å². The Labute approximate surface area is 127 Å². The number of carbonyl (C=O) groups excluding carboxylic acids is 1. The molecule has 0 bridgehead atoms. The van der Waals surface area contributed by atoms with Gasteiger partial charge in [0, 0.05) is 11.1 Å². The first kappa shape index (κ1) is 15.0. The minimum absolute atomic E-state index is 0.202. The minimum atomic E-state index is -0.612. The van der Waals surface area contributed by atoms with Crippen LogP contribution in [0.15, 0.2) is 29.6 Å². The van der Waals surface area contributed by atoms with Crippen LogP contribution < -0.4 is 10.1 Å². The zero-order valence-corrected chi connectivity index (χ0v) is 12.6. The SMILES string of the molecule is Cc1csc(CNC(=O)[C@H](C)Oc2ccc(C#N)cc2)n1. The molecule has 1 N–H and O–H groups in total. The molecule has 5 nitrogen and oxygen atoms in total. The Balaban J connectivity index is 1.85. The zero-order valence-electron chi connectivity index (χ0n) is 11.8. The quantitative estimate of drug-likeness (QED) is 0.920. The number of rotatable bonds is 5. The lowest BCUT2D eigenvalue weighted by Crippen LogP contribution is -2.35. The number of nitrogens with zero attached hydrogens (tertiary/aromatic N) is 2. The van der Waals surface area contributed by atoms with Gasteiger partial charge < -0.3 is 10.1 Å². The van der Waals surface area contributed by atoms with Crippen molar-refractivity contribution in [2.45, 2.75) is 26.5 Å². The minimum Gasteiger partial charge on any atom is -0.481 e. The molecule has 0 saturated heterocycles. The average Bonchev–Trinajstić information content (AvgIpc) is 2.91. The number of hydrogen-bond donors (Lipinski definition) is 1. The van der Waals surface area contributed by atoms with Gasteiger partial charge in [-0.2, -0.15) is 5.26 Å². The van der Waals surface area contributed by atoms with Gasteiger partial charge in [-0.05, 0) is 38.1 Å². The van der Waals surface area contributed by atoms with Crippen molar-refractivity contribution in [3.63, 3.8) is 0 Å². The highest BCUT2D eigenvalue weighted by Gasteiger charge is 2.14. The Morgan fingerprint density at radius 3 is 2.76 bits per heavy atom. The van der Waals surface area contributed by atoms with E-state index in [-0.39, 0.29) is 5.91 Å². The first-order valence-corrected chi connectivity index (χ1v) is 7.32. The summed E-state index contributed by atoms with van der Waals surface area (Å²) in [6.45, 7) is 4.00. The smallest absolute Gasteiger partial charge is 0.261 e. The van der Waals surface area contributed by atoms with Crippen LogP contribution in [0.5, 0.6) is 5.75 Å². The molecule has 2 rings (SSSR count). The summed E-state index contributed by atoms with van der Waals surface area (Å²) in [6, 6.07) is 8.68. The molecule has 21 heavy (non-hydrogen) atoms. The van der Waals surface area contributed by atoms with Crippen LogP contribution in [0.2, 0.25) is 0 Å². The third kappa shape index (κ3) is 4.29. The maximum Gasteiger partial charge on any atom is 0.261 e. The first-order valence-electron chi connectivity index (χ1n) is 6.44. The van der Waals surface area contributed by atoms with Gasteiger partial charge in [0.15, 0.2) is 6.10 Å². The van der Waals surface area contributed by atoms with E-state index in [1.54, 1.807) is 31.2 Å². The van der Waals surface area contributed by atoms with E-state index in [1.807, 2.05) is 18.4 Å². The van der Waals surface area contributed by atoms with Gasteiger partial charge in [0.2, 0.25) is 0 Å². The number of nitrogens with one attached hydrogen (secondary N) is 1. The summed E-state index contributed by atoms with van der Waals surface area (Å²) in [5.41, 5.74) is 1.50. The molecule has 0 aliphatic heterocycles. The standard InChI is InChI=1S/C15H15N3O2S/c1-10-9-21-14(18-10)8-17-15(19)11(2)20-13-5-3-12(7-16)4-6-13/h3-6,9,11H,8H2,1-2H3,(H,17,19)/t11-/m0/s1. The molecular weight excluding hydrogens is 286 g/mol. The number of amides is 1. The Bertz CT molecular complexity index is 658. The maximum absolute atomic E-state index is 11.9. The zero-order chi connectivity index (χ0) is 15.2. The van der Waals surface area contributed by atoms with E-state index in [2.05, 4.69) is 10.3 Å². The molecule has 2 aromatic rings. The average molecular weight is 301 g/mol. The summed E-state index contributed by atoms with van der Waals surface area (Å²) >= 11 is 1.51. The third-order valence-corrected chi connectivity index (χ3v) is 3.71. The third-order valence-electron chi connectivity index (χ3n) is 2.75. The summed E-state index contributed by atoms with van der Waals surface area (Å²) in [7, 11) is 0. The van der Waals surface area contributed by atoms with E-state index in [1.165, 1.54) is 11.3 Å². The van der Waals surface area contributed by atoms with Crippen LogP contribution in [0.25, 0.3) is 0 Å². The molecule has 1 atom stereocenters. The van der Waals surface area contributed by atoms with Gasteiger partial charge in [0.1, 0.15) is 10.8 Å². The molecule has 0 fully saturated rings. The number of ether oxygens (including phenoxy) is 1. The van der Waals surface area contributed by atoms with Crippen molar-refractivity contribution in [2.24, 2.45) is 0 Å². The Hall–Kier alpha value is -2.39. The number of benzene rings is 1. The van der Waals surface area contributed by atoms with Crippen molar-refractivity contribution in [1.29, 1.82) is 5.26 Å². The summed E-state index contributed by atoms with van der Waals surface area (Å²) in [5, 5.41) is 14.3. The lowest BCUT2D eigenvalue weighted by Gasteiger charge is -2.14. The van der Waals surface area contributed by atoms with Crippen molar-refractivity contribution in [1.82, 2.24) is 10.3 Å². The second kappa shape index (κ2) is 6.86. The van der Waals surface area contributed by atoms with Gasteiger partial charge in [-0.25, -0.2) is 4.98 Å². The fraction of sp³-hybridized carbons (Fsp3) is 0.267. The second-order valence-electron chi connectivity index (χ2n) is 4.50. The molecule has 0 saturated carbocycles. The van der Waals surface area contributed by atoms with Crippen LogP contribution in [0.1, 0.15) is 23.2 Å². The van der Waals surface area contributed by atoms with Crippen LogP contribution in [-0.2, 0) is 11.3 Å². The van der Waals surface area contributed by atoms with Crippen LogP contribution in [-0.4, -0.2) is 17.0 Å². The lowest BCUT2D eigenvalue weighted by molar-refractivity contribution is -0.127. The number of aromatic nitrogens is 1. The van der Waals surface area contributed by atoms with Crippen molar-refractivity contribution in [3.8, 4) is 11.8 Å². The molecule has 1 aromatic heterocycles. The normalized spacial score (nSPS) is 11.5. The van der Waals surface area contributed by atoms with Gasteiger partial charge in [-0.15, -0.1) is 11.3 Å². The largest absolute Gasteiger partial charge is 0.481 e. The van der Waals surface area contributed by atoms with E-state index in [0.717, 1.165) is 10.7 Å². The highest BCUT2D eigenvalue weighted by molar-refractivity contribution is 7.09. The molecule has 1 amide bonds. The molecule has 0 aliphatic rings. The molecule has 0 radical (unpaired) electrons. The van der Waals surface area contributed by atoms with Crippen molar-refractivity contribution < 1.29 is 9.53 Å². The fourth-order valence-corrected chi connectivity index (χ4v) is 2.37. The Kier molecular flexibility index (Phi) is 4.90. The molecule has 1 aromatic carbocycles. The number of hydrogen-bond acceptors (Lipinski definition) is 5. The van der Waals surface area contributed by atoms with E-state index in [4.69, 9.17) is 10.00 Å². The summed E-state index contributed by atoms with van der Waals surface area (Å²) in [5.74, 6) is 0.356. The molecule has 108 valence electrons.